The second-order valence-corrected chi connectivity index (χ2v) is 4.72. The maximum atomic E-state index is 11.4. The van der Waals surface area contributed by atoms with E-state index in [2.05, 4.69) is 14.7 Å². The molecule has 0 atom stereocenters. The number of esters is 1. The number of rotatable bonds is 2. The number of carbonyl (C=O) groups is 1. The first-order valence-corrected chi connectivity index (χ1v) is 5.99. The van der Waals surface area contributed by atoms with Crippen molar-refractivity contribution in [3.05, 3.63) is 33.9 Å². The minimum absolute atomic E-state index is 0.375. The number of nitrogens with zero attached hydrogens (tertiary/aromatic N) is 2. The van der Waals surface area contributed by atoms with Crippen molar-refractivity contribution >= 4 is 28.9 Å². The van der Waals surface area contributed by atoms with Crippen LogP contribution in [0.15, 0.2) is 18.3 Å². The van der Waals surface area contributed by atoms with Crippen LogP contribution in [0.4, 0.5) is 0 Å². The molecule has 0 aliphatic heterocycles. The summed E-state index contributed by atoms with van der Waals surface area (Å²) in [6, 6.07) is 3.50. The highest BCUT2D eigenvalue weighted by Crippen LogP contribution is 2.27. The molecule has 0 aromatic carbocycles. The average Bonchev–Trinajstić information content (AvgIpc) is 2.71. The van der Waals surface area contributed by atoms with Crippen LogP contribution in [-0.4, -0.2) is 23.0 Å². The molecule has 88 valence electrons. The highest BCUT2D eigenvalue weighted by molar-refractivity contribution is 7.17. The number of carbonyl (C=O) groups excluding carboxylic acids is 1. The van der Waals surface area contributed by atoms with E-state index < -0.39 is 0 Å². The molecule has 0 N–H and O–H groups in total. The topological polar surface area (TPSA) is 52.1 Å². The SMILES string of the molecule is COC(=O)c1sc(-c2ccc(Cl)cn2)nc1C. The molecule has 2 rings (SSSR count). The van der Waals surface area contributed by atoms with Crippen molar-refractivity contribution in [2.24, 2.45) is 0 Å². The Kier molecular flexibility index (Phi) is 3.40. The Bertz CT molecular complexity index is 551. The Labute approximate surface area is 107 Å². The molecular weight excluding hydrogens is 260 g/mol. The van der Waals surface area contributed by atoms with Gasteiger partial charge in [-0.1, -0.05) is 11.6 Å². The van der Waals surface area contributed by atoms with Crippen LogP contribution in [0, 0.1) is 6.92 Å². The first-order chi connectivity index (χ1) is 8.11. The summed E-state index contributed by atoms with van der Waals surface area (Å²) in [6.45, 7) is 1.77. The highest BCUT2D eigenvalue weighted by Gasteiger charge is 2.16. The summed E-state index contributed by atoms with van der Waals surface area (Å²) in [5.74, 6) is -0.375. The normalized spacial score (nSPS) is 10.3. The lowest BCUT2D eigenvalue weighted by Crippen LogP contribution is -1.99. The van der Waals surface area contributed by atoms with Gasteiger partial charge in [0.2, 0.25) is 0 Å². The summed E-state index contributed by atoms with van der Waals surface area (Å²) >= 11 is 7.01. The summed E-state index contributed by atoms with van der Waals surface area (Å²) in [5.41, 5.74) is 1.34. The Morgan fingerprint density at radius 1 is 1.47 bits per heavy atom. The number of thiazole rings is 1. The van der Waals surface area contributed by atoms with Gasteiger partial charge in [-0.05, 0) is 19.1 Å². The fraction of sp³-hybridized carbons (Fsp3) is 0.182. The van der Waals surface area contributed by atoms with Crippen LogP contribution in [0.3, 0.4) is 0 Å². The number of pyridine rings is 1. The molecule has 0 saturated heterocycles. The van der Waals surface area contributed by atoms with Crippen molar-refractivity contribution < 1.29 is 9.53 Å². The molecule has 2 heterocycles. The fourth-order valence-electron chi connectivity index (χ4n) is 1.29. The first-order valence-electron chi connectivity index (χ1n) is 4.79. The lowest BCUT2D eigenvalue weighted by atomic mass is 10.3. The summed E-state index contributed by atoms with van der Waals surface area (Å²) in [7, 11) is 1.35. The maximum absolute atomic E-state index is 11.4. The van der Waals surface area contributed by atoms with E-state index in [4.69, 9.17) is 11.6 Å². The minimum Gasteiger partial charge on any atom is -0.465 e. The summed E-state index contributed by atoms with van der Waals surface area (Å²) in [6.07, 6.45) is 1.55. The lowest BCUT2D eigenvalue weighted by Gasteiger charge is -1.94. The van der Waals surface area contributed by atoms with E-state index in [0.717, 1.165) is 0 Å². The largest absolute Gasteiger partial charge is 0.465 e. The second-order valence-electron chi connectivity index (χ2n) is 3.29. The predicted molar refractivity (Wildman–Crippen MR) is 66.4 cm³/mol. The third kappa shape index (κ3) is 2.45. The van der Waals surface area contributed by atoms with Crippen molar-refractivity contribution in [2.75, 3.05) is 7.11 Å². The van der Waals surface area contributed by atoms with Crippen LogP contribution in [-0.2, 0) is 4.74 Å². The summed E-state index contributed by atoms with van der Waals surface area (Å²) in [5, 5.41) is 1.25. The van der Waals surface area contributed by atoms with Gasteiger partial charge >= 0.3 is 5.97 Å². The zero-order valence-electron chi connectivity index (χ0n) is 9.23. The van der Waals surface area contributed by atoms with Gasteiger partial charge in [-0.2, -0.15) is 0 Å². The summed E-state index contributed by atoms with van der Waals surface area (Å²) < 4.78 is 4.68. The van der Waals surface area contributed by atoms with Gasteiger partial charge in [0, 0.05) is 6.20 Å². The van der Waals surface area contributed by atoms with Gasteiger partial charge in [-0.15, -0.1) is 11.3 Å². The Morgan fingerprint density at radius 3 is 2.82 bits per heavy atom. The second kappa shape index (κ2) is 4.81. The number of methoxy groups -OCH3 is 1. The van der Waals surface area contributed by atoms with Crippen molar-refractivity contribution in [2.45, 2.75) is 6.92 Å². The van der Waals surface area contributed by atoms with Gasteiger partial charge in [0.1, 0.15) is 9.88 Å². The molecular formula is C11H9ClN2O2S. The monoisotopic (exact) mass is 268 g/mol. The van der Waals surface area contributed by atoms with Gasteiger partial charge < -0.3 is 4.74 Å². The third-order valence-corrected chi connectivity index (χ3v) is 3.50. The molecule has 0 spiro atoms. The molecule has 0 radical (unpaired) electrons. The number of hydrogen-bond donors (Lipinski definition) is 0. The van der Waals surface area contributed by atoms with Crippen LogP contribution >= 0.6 is 22.9 Å². The Morgan fingerprint density at radius 2 is 2.24 bits per heavy atom. The van der Waals surface area contributed by atoms with E-state index in [1.807, 2.05) is 0 Å². The molecule has 0 amide bonds. The lowest BCUT2D eigenvalue weighted by molar-refractivity contribution is 0.0605. The van der Waals surface area contributed by atoms with E-state index >= 15 is 0 Å². The highest BCUT2D eigenvalue weighted by atomic mass is 35.5. The molecule has 17 heavy (non-hydrogen) atoms. The molecule has 0 aliphatic rings. The molecule has 2 aromatic rings. The molecule has 0 aliphatic carbocycles. The number of aryl methyl sites for hydroxylation is 1. The Hall–Kier alpha value is -1.46. The van der Waals surface area contributed by atoms with Crippen molar-refractivity contribution in [1.82, 2.24) is 9.97 Å². The van der Waals surface area contributed by atoms with Gasteiger partial charge in [0.25, 0.3) is 0 Å². The minimum atomic E-state index is -0.375. The maximum Gasteiger partial charge on any atom is 0.349 e. The quantitative estimate of drug-likeness (QED) is 0.786. The third-order valence-electron chi connectivity index (χ3n) is 2.11. The van der Waals surface area contributed by atoms with Crippen molar-refractivity contribution in [1.29, 1.82) is 0 Å². The van der Waals surface area contributed by atoms with Crippen LogP contribution in [0.2, 0.25) is 5.02 Å². The van der Waals surface area contributed by atoms with Crippen LogP contribution < -0.4 is 0 Å². The molecule has 0 unspecified atom stereocenters. The summed E-state index contributed by atoms with van der Waals surface area (Å²) in [4.78, 5) is 20.4. The van der Waals surface area contributed by atoms with Gasteiger partial charge in [0.15, 0.2) is 0 Å². The van der Waals surface area contributed by atoms with Crippen LogP contribution in [0.1, 0.15) is 15.4 Å². The number of halogens is 1. The van der Waals surface area contributed by atoms with Crippen LogP contribution in [0.5, 0.6) is 0 Å². The zero-order valence-corrected chi connectivity index (χ0v) is 10.8. The van der Waals surface area contributed by atoms with E-state index in [1.165, 1.54) is 18.4 Å². The molecule has 2 aromatic heterocycles. The van der Waals surface area contributed by atoms with E-state index in [1.54, 1.807) is 25.3 Å². The van der Waals surface area contributed by atoms with Crippen molar-refractivity contribution in [3.8, 4) is 10.7 Å². The predicted octanol–water partition coefficient (Wildman–Crippen LogP) is 2.95. The first kappa shape index (κ1) is 12.0. The van der Waals surface area contributed by atoms with E-state index in [9.17, 15) is 4.79 Å². The number of ether oxygens (including phenoxy) is 1. The van der Waals surface area contributed by atoms with Crippen LogP contribution in [0.25, 0.3) is 10.7 Å². The molecule has 4 nitrogen and oxygen atoms in total. The smallest absolute Gasteiger partial charge is 0.349 e. The Balaban J connectivity index is 2.41. The molecule has 6 heteroatoms. The van der Waals surface area contributed by atoms with E-state index in [-0.39, 0.29) is 5.97 Å². The van der Waals surface area contributed by atoms with Gasteiger partial charge in [0.05, 0.1) is 23.5 Å². The molecule has 0 saturated carbocycles. The standard InChI is InChI=1S/C11H9ClN2O2S/c1-6-9(11(15)16-2)17-10(14-6)8-4-3-7(12)5-13-8/h3-5H,1-2H3. The van der Waals surface area contributed by atoms with Crippen molar-refractivity contribution in [3.63, 3.8) is 0 Å². The zero-order chi connectivity index (χ0) is 12.4. The number of hydrogen-bond acceptors (Lipinski definition) is 5. The number of aromatic nitrogens is 2. The molecule has 0 bridgehead atoms. The van der Waals surface area contributed by atoms with Gasteiger partial charge in [-0.3, -0.25) is 4.98 Å². The van der Waals surface area contributed by atoms with Gasteiger partial charge in [-0.25, -0.2) is 9.78 Å². The fourth-order valence-corrected chi connectivity index (χ4v) is 2.36. The van der Waals surface area contributed by atoms with E-state index in [0.29, 0.717) is 26.3 Å². The average molecular weight is 269 g/mol. The molecule has 0 fully saturated rings.